The molecule has 0 atom stereocenters. The van der Waals surface area contributed by atoms with Gasteiger partial charge in [-0.2, -0.15) is 0 Å². The molecule has 1 amide bonds. The number of fused-ring (bicyclic) bond motifs is 2. The number of nitrogens with one attached hydrogen (secondary N) is 1. The van der Waals surface area contributed by atoms with Gasteiger partial charge in [-0.15, -0.1) is 22.7 Å². The number of hydrogen-bond donors (Lipinski definition) is 2. The fraction of sp³-hybridized carbons (Fsp3) is 0.318. The smallest absolute Gasteiger partial charge is 0.264 e. The normalized spacial score (nSPS) is 11.5. The number of nitrogens with zero attached hydrogens (tertiary/aromatic N) is 3. The number of aromatic nitrogens is 2. The lowest BCUT2D eigenvalue weighted by atomic mass is 10.1. The third kappa shape index (κ3) is 3.90. The monoisotopic (exact) mass is 440 g/mol. The van der Waals surface area contributed by atoms with Gasteiger partial charge in [0.15, 0.2) is 0 Å². The van der Waals surface area contributed by atoms with Crippen molar-refractivity contribution < 1.29 is 9.90 Å². The number of aliphatic hydroxyl groups excluding tert-OH is 1. The van der Waals surface area contributed by atoms with Crippen LogP contribution in [-0.4, -0.2) is 45.1 Å². The van der Waals surface area contributed by atoms with Crippen molar-refractivity contribution in [3.63, 3.8) is 0 Å². The molecule has 1 aromatic carbocycles. The van der Waals surface area contributed by atoms with Gasteiger partial charge in [0.2, 0.25) is 0 Å². The molecule has 0 fully saturated rings. The maximum absolute atomic E-state index is 13.1. The fourth-order valence-electron chi connectivity index (χ4n) is 3.54. The van der Waals surface area contributed by atoms with Gasteiger partial charge >= 0.3 is 0 Å². The molecule has 4 aromatic rings. The topological polar surface area (TPSA) is 78.4 Å². The summed E-state index contributed by atoms with van der Waals surface area (Å²) in [6.45, 7) is 6.76. The Balaban J connectivity index is 1.64. The first-order valence-electron chi connectivity index (χ1n) is 9.87. The summed E-state index contributed by atoms with van der Waals surface area (Å²) in [5, 5.41) is 14.9. The molecule has 0 radical (unpaired) electrons. The van der Waals surface area contributed by atoms with E-state index in [0.717, 1.165) is 21.6 Å². The van der Waals surface area contributed by atoms with Gasteiger partial charge in [0.05, 0.1) is 23.4 Å². The van der Waals surface area contributed by atoms with Gasteiger partial charge < -0.3 is 15.3 Å². The molecule has 0 saturated heterocycles. The van der Waals surface area contributed by atoms with E-state index in [1.54, 1.807) is 16.2 Å². The van der Waals surface area contributed by atoms with Crippen LogP contribution in [0.1, 0.15) is 34.0 Å². The molecular weight excluding hydrogens is 416 g/mol. The second kappa shape index (κ2) is 8.67. The Labute approximate surface area is 183 Å². The maximum atomic E-state index is 13.1. The third-order valence-corrected chi connectivity index (χ3v) is 7.36. The summed E-state index contributed by atoms with van der Waals surface area (Å²) >= 11 is 3.14. The summed E-state index contributed by atoms with van der Waals surface area (Å²) in [6, 6.07) is 10.5. The van der Waals surface area contributed by atoms with Crippen LogP contribution in [0, 0.1) is 6.92 Å². The number of carbonyl (C=O) groups is 1. The molecule has 8 heteroatoms. The molecule has 0 aliphatic rings. The van der Waals surface area contributed by atoms with Crippen LogP contribution in [0.5, 0.6) is 0 Å². The predicted molar refractivity (Wildman–Crippen MR) is 125 cm³/mol. The number of thiophene rings is 2. The van der Waals surface area contributed by atoms with E-state index in [-0.39, 0.29) is 18.6 Å². The van der Waals surface area contributed by atoms with Crippen molar-refractivity contribution in [2.24, 2.45) is 0 Å². The largest absolute Gasteiger partial charge is 0.395 e. The van der Waals surface area contributed by atoms with Crippen molar-refractivity contribution >= 4 is 54.7 Å². The van der Waals surface area contributed by atoms with Crippen LogP contribution < -0.4 is 5.32 Å². The first-order chi connectivity index (χ1) is 14.5. The van der Waals surface area contributed by atoms with Gasteiger partial charge in [0.1, 0.15) is 17.0 Å². The van der Waals surface area contributed by atoms with Crippen LogP contribution in [0.2, 0.25) is 0 Å². The molecule has 0 aliphatic heterocycles. The van der Waals surface area contributed by atoms with E-state index < -0.39 is 0 Å². The van der Waals surface area contributed by atoms with Crippen LogP contribution in [0.15, 0.2) is 36.7 Å². The van der Waals surface area contributed by atoms with Crippen LogP contribution >= 0.6 is 22.7 Å². The average molecular weight is 441 g/mol. The highest BCUT2D eigenvalue weighted by molar-refractivity contribution is 7.20. The van der Waals surface area contributed by atoms with Gasteiger partial charge in [0, 0.05) is 22.2 Å². The number of benzene rings is 1. The zero-order valence-electron chi connectivity index (χ0n) is 17.2. The number of aliphatic hydroxyl groups is 1. The van der Waals surface area contributed by atoms with E-state index in [9.17, 15) is 9.90 Å². The molecule has 0 spiro atoms. The van der Waals surface area contributed by atoms with Gasteiger partial charge in [-0.05, 0) is 43.9 Å². The van der Waals surface area contributed by atoms with Crippen molar-refractivity contribution in [2.75, 3.05) is 18.5 Å². The Hall–Kier alpha value is -2.55. The van der Waals surface area contributed by atoms with Crippen molar-refractivity contribution in [1.82, 2.24) is 14.9 Å². The van der Waals surface area contributed by atoms with Crippen LogP contribution in [-0.2, 0) is 6.54 Å². The zero-order valence-corrected chi connectivity index (χ0v) is 18.8. The van der Waals surface area contributed by atoms with Crippen molar-refractivity contribution in [2.45, 2.75) is 33.4 Å². The summed E-state index contributed by atoms with van der Waals surface area (Å²) in [5.41, 5.74) is 0.878. The standard InChI is InChI=1S/C22H24N4O2S2/c1-13(2)26(8-9-27)22(28)19-14(3)18-20(24-12-25-21(18)30-19)23-11-16-10-15-6-4-5-7-17(15)29-16/h4-7,10,12-13,27H,8-9,11H2,1-3H3,(H,23,24,25). The molecule has 6 nitrogen and oxygen atoms in total. The van der Waals surface area contributed by atoms with Gasteiger partial charge in [-0.1, -0.05) is 18.2 Å². The van der Waals surface area contributed by atoms with E-state index in [1.165, 1.54) is 32.6 Å². The lowest BCUT2D eigenvalue weighted by Crippen LogP contribution is -2.38. The highest BCUT2D eigenvalue weighted by Crippen LogP contribution is 2.35. The average Bonchev–Trinajstić information content (AvgIpc) is 3.31. The number of amides is 1. The molecule has 0 unspecified atom stereocenters. The predicted octanol–water partition coefficient (Wildman–Crippen LogP) is 4.67. The van der Waals surface area contributed by atoms with E-state index >= 15 is 0 Å². The Kier molecular flexibility index (Phi) is 5.99. The molecule has 30 heavy (non-hydrogen) atoms. The first kappa shape index (κ1) is 20.7. The fourth-order valence-corrected chi connectivity index (χ4v) is 5.65. The molecule has 2 N–H and O–H groups in total. The van der Waals surface area contributed by atoms with Crippen LogP contribution in [0.4, 0.5) is 5.82 Å². The zero-order chi connectivity index (χ0) is 21.3. The lowest BCUT2D eigenvalue weighted by Gasteiger charge is -2.25. The van der Waals surface area contributed by atoms with Gasteiger partial charge in [-0.25, -0.2) is 9.97 Å². The molecule has 156 valence electrons. The lowest BCUT2D eigenvalue weighted by molar-refractivity contribution is 0.0670. The quantitative estimate of drug-likeness (QED) is 0.437. The van der Waals surface area contributed by atoms with E-state index in [2.05, 4.69) is 39.6 Å². The molecular formula is C22H24N4O2S2. The second-order valence-electron chi connectivity index (χ2n) is 7.38. The minimum atomic E-state index is -0.0741. The summed E-state index contributed by atoms with van der Waals surface area (Å²) < 4.78 is 1.26. The van der Waals surface area contributed by atoms with E-state index in [1.807, 2.05) is 26.8 Å². The van der Waals surface area contributed by atoms with Crippen LogP contribution in [0.3, 0.4) is 0 Å². The van der Waals surface area contributed by atoms with Crippen LogP contribution in [0.25, 0.3) is 20.3 Å². The van der Waals surface area contributed by atoms with Gasteiger partial charge in [-0.3, -0.25) is 4.79 Å². The third-order valence-electron chi connectivity index (χ3n) is 5.05. The Morgan fingerprint density at radius 2 is 2.03 bits per heavy atom. The molecule has 3 heterocycles. The van der Waals surface area contributed by atoms with E-state index in [4.69, 9.17) is 0 Å². The van der Waals surface area contributed by atoms with Gasteiger partial charge in [0.25, 0.3) is 5.91 Å². The number of hydrogen-bond acceptors (Lipinski definition) is 7. The summed E-state index contributed by atoms with van der Waals surface area (Å²) in [5.74, 6) is 0.665. The molecule has 0 saturated carbocycles. The SMILES string of the molecule is Cc1c(C(=O)N(CCO)C(C)C)sc2ncnc(NCc3cc4ccccc4s3)c12. The summed E-state index contributed by atoms with van der Waals surface area (Å²) in [4.78, 5) is 26.3. The minimum Gasteiger partial charge on any atom is -0.395 e. The molecule has 0 bridgehead atoms. The number of anilines is 1. The van der Waals surface area contributed by atoms with Crippen molar-refractivity contribution in [3.05, 3.63) is 52.0 Å². The number of rotatable bonds is 7. The second-order valence-corrected chi connectivity index (χ2v) is 9.55. The van der Waals surface area contributed by atoms with Crippen molar-refractivity contribution in [3.8, 4) is 0 Å². The molecule has 0 aliphatic carbocycles. The van der Waals surface area contributed by atoms with Crippen molar-refractivity contribution in [1.29, 1.82) is 0 Å². The highest BCUT2D eigenvalue weighted by Gasteiger charge is 2.25. The number of aryl methyl sites for hydroxylation is 1. The molecule has 3 aromatic heterocycles. The number of carbonyl (C=O) groups excluding carboxylic acids is 1. The minimum absolute atomic E-state index is 0.00547. The molecule has 4 rings (SSSR count). The summed E-state index contributed by atoms with van der Waals surface area (Å²) in [7, 11) is 0. The Bertz CT molecular complexity index is 1170. The first-order valence-corrected chi connectivity index (χ1v) is 11.5. The van der Waals surface area contributed by atoms with E-state index in [0.29, 0.717) is 18.0 Å². The summed E-state index contributed by atoms with van der Waals surface area (Å²) in [6.07, 6.45) is 1.54. The Morgan fingerprint density at radius 1 is 1.23 bits per heavy atom. The maximum Gasteiger partial charge on any atom is 0.264 e. The Morgan fingerprint density at radius 3 is 2.77 bits per heavy atom. The highest BCUT2D eigenvalue weighted by atomic mass is 32.1.